The van der Waals surface area contributed by atoms with Gasteiger partial charge in [0.2, 0.25) is 0 Å². The quantitative estimate of drug-likeness (QED) is 0.405. The lowest BCUT2D eigenvalue weighted by atomic mass is 10.1. The summed E-state index contributed by atoms with van der Waals surface area (Å²) in [6.45, 7) is 2.93. The number of hydrogen-bond acceptors (Lipinski definition) is 3. The van der Waals surface area contributed by atoms with E-state index < -0.39 is 5.91 Å². The topological polar surface area (TPSA) is 76.1 Å². The molecular weight excluding hydrogens is 276 g/mol. The van der Waals surface area contributed by atoms with E-state index in [-0.39, 0.29) is 5.57 Å². The van der Waals surface area contributed by atoms with Crippen molar-refractivity contribution in [2.45, 2.75) is 45.4 Å². The lowest BCUT2D eigenvalue weighted by Crippen LogP contribution is -2.12. The minimum Gasteiger partial charge on any atom is -0.494 e. The molecule has 0 radical (unpaired) electrons. The van der Waals surface area contributed by atoms with E-state index in [0.717, 1.165) is 17.7 Å². The van der Waals surface area contributed by atoms with Gasteiger partial charge in [-0.05, 0) is 30.2 Å². The van der Waals surface area contributed by atoms with E-state index in [1.54, 1.807) is 18.2 Å². The molecule has 2 N–H and O–H groups in total. The van der Waals surface area contributed by atoms with Gasteiger partial charge in [-0.3, -0.25) is 4.79 Å². The molecule has 22 heavy (non-hydrogen) atoms. The normalized spacial score (nSPS) is 11.0. The molecule has 4 heteroatoms. The largest absolute Gasteiger partial charge is 0.494 e. The van der Waals surface area contributed by atoms with Crippen LogP contribution in [0.2, 0.25) is 0 Å². The van der Waals surface area contributed by atoms with E-state index in [1.807, 2.05) is 12.1 Å². The minimum atomic E-state index is -0.717. The van der Waals surface area contributed by atoms with Crippen LogP contribution in [0.1, 0.15) is 51.0 Å². The summed E-state index contributed by atoms with van der Waals surface area (Å²) in [6.07, 6.45) is 8.88. The Morgan fingerprint density at radius 1 is 1.18 bits per heavy atom. The molecule has 0 atom stereocenters. The van der Waals surface area contributed by atoms with Crippen LogP contribution in [0.15, 0.2) is 29.8 Å². The summed E-state index contributed by atoms with van der Waals surface area (Å²) in [5.41, 5.74) is 5.79. The summed E-state index contributed by atoms with van der Waals surface area (Å²) in [6, 6.07) is 9.05. The van der Waals surface area contributed by atoms with Gasteiger partial charge in [0, 0.05) is 0 Å². The van der Waals surface area contributed by atoms with Crippen LogP contribution in [-0.4, -0.2) is 12.5 Å². The molecule has 0 heterocycles. The highest BCUT2D eigenvalue weighted by Gasteiger charge is 2.03. The Hall–Kier alpha value is -2.28. The lowest BCUT2D eigenvalue weighted by molar-refractivity contribution is -0.114. The van der Waals surface area contributed by atoms with Crippen LogP contribution in [0.5, 0.6) is 5.75 Å². The molecular formula is C18H24N2O2. The van der Waals surface area contributed by atoms with E-state index in [4.69, 9.17) is 15.7 Å². The molecule has 0 aliphatic rings. The van der Waals surface area contributed by atoms with Crippen LogP contribution in [-0.2, 0) is 4.79 Å². The molecule has 1 rings (SSSR count). The zero-order chi connectivity index (χ0) is 16.2. The van der Waals surface area contributed by atoms with Crippen molar-refractivity contribution >= 4 is 12.0 Å². The fourth-order valence-electron chi connectivity index (χ4n) is 2.06. The Morgan fingerprint density at radius 3 is 2.41 bits per heavy atom. The van der Waals surface area contributed by atoms with Crippen molar-refractivity contribution in [3.63, 3.8) is 0 Å². The van der Waals surface area contributed by atoms with Crippen LogP contribution in [0.25, 0.3) is 6.08 Å². The van der Waals surface area contributed by atoms with Crippen LogP contribution >= 0.6 is 0 Å². The van der Waals surface area contributed by atoms with Gasteiger partial charge in [0.1, 0.15) is 17.4 Å². The third-order valence-corrected chi connectivity index (χ3v) is 3.34. The summed E-state index contributed by atoms with van der Waals surface area (Å²) in [5, 5.41) is 8.79. The van der Waals surface area contributed by atoms with E-state index in [9.17, 15) is 4.79 Å². The van der Waals surface area contributed by atoms with E-state index in [1.165, 1.54) is 38.2 Å². The van der Waals surface area contributed by atoms with Crippen molar-refractivity contribution in [3.8, 4) is 11.8 Å². The van der Waals surface area contributed by atoms with Crippen molar-refractivity contribution in [1.82, 2.24) is 0 Å². The van der Waals surface area contributed by atoms with Crippen LogP contribution in [0.4, 0.5) is 0 Å². The molecule has 0 aromatic heterocycles. The average Bonchev–Trinajstić information content (AvgIpc) is 2.52. The smallest absolute Gasteiger partial charge is 0.259 e. The molecule has 1 amide bonds. The highest BCUT2D eigenvalue weighted by Crippen LogP contribution is 2.15. The van der Waals surface area contributed by atoms with Gasteiger partial charge in [-0.25, -0.2) is 0 Å². The molecule has 1 aromatic rings. The first-order chi connectivity index (χ1) is 10.7. The number of ether oxygens (including phenoxy) is 1. The number of carbonyl (C=O) groups is 1. The zero-order valence-electron chi connectivity index (χ0n) is 13.2. The third-order valence-electron chi connectivity index (χ3n) is 3.34. The molecule has 0 saturated carbocycles. The second-order valence-electron chi connectivity index (χ2n) is 5.22. The summed E-state index contributed by atoms with van der Waals surface area (Å²) in [5.74, 6) is 0.0780. The van der Waals surface area contributed by atoms with Crippen LogP contribution < -0.4 is 10.5 Å². The molecule has 0 fully saturated rings. The number of nitrogens with zero attached hydrogens (tertiary/aromatic N) is 1. The standard InChI is InChI=1S/C18H24N2O2/c1-2-3-4-5-6-7-12-22-17-10-8-15(9-11-17)13-16(14-19)18(20)21/h8-11,13H,2-7,12H2,1H3,(H2,20,21)/b16-13+. The number of hydrogen-bond donors (Lipinski definition) is 1. The second-order valence-corrected chi connectivity index (χ2v) is 5.22. The number of unbranched alkanes of at least 4 members (excludes halogenated alkanes) is 5. The number of primary amides is 1. The molecule has 0 aliphatic carbocycles. The Balaban J connectivity index is 2.36. The Bertz CT molecular complexity index is 527. The Kier molecular flexibility index (Phi) is 8.44. The molecule has 0 aliphatic heterocycles. The molecule has 0 saturated heterocycles. The number of rotatable bonds is 10. The van der Waals surface area contributed by atoms with Gasteiger partial charge in [0.15, 0.2) is 0 Å². The number of carbonyl (C=O) groups excluding carboxylic acids is 1. The minimum absolute atomic E-state index is 0.0549. The predicted molar refractivity (Wildman–Crippen MR) is 88.1 cm³/mol. The first-order valence-corrected chi connectivity index (χ1v) is 7.82. The lowest BCUT2D eigenvalue weighted by Gasteiger charge is -2.06. The number of nitrogens with two attached hydrogens (primary N) is 1. The van der Waals surface area contributed by atoms with Crippen LogP contribution in [0.3, 0.4) is 0 Å². The maximum Gasteiger partial charge on any atom is 0.259 e. The second kappa shape index (κ2) is 10.4. The number of benzene rings is 1. The maximum absolute atomic E-state index is 11.0. The molecule has 0 spiro atoms. The average molecular weight is 300 g/mol. The summed E-state index contributed by atoms with van der Waals surface area (Å²) in [4.78, 5) is 11.0. The molecule has 4 nitrogen and oxygen atoms in total. The Morgan fingerprint density at radius 2 is 1.82 bits per heavy atom. The van der Waals surface area contributed by atoms with E-state index >= 15 is 0 Å². The number of amides is 1. The van der Waals surface area contributed by atoms with Gasteiger partial charge < -0.3 is 10.5 Å². The van der Waals surface area contributed by atoms with E-state index in [2.05, 4.69) is 6.92 Å². The zero-order valence-corrected chi connectivity index (χ0v) is 13.2. The first-order valence-electron chi connectivity index (χ1n) is 7.82. The highest BCUT2D eigenvalue weighted by atomic mass is 16.5. The van der Waals surface area contributed by atoms with Crippen molar-refractivity contribution in [1.29, 1.82) is 5.26 Å². The van der Waals surface area contributed by atoms with Gasteiger partial charge in [-0.1, -0.05) is 51.2 Å². The van der Waals surface area contributed by atoms with Crippen molar-refractivity contribution in [2.75, 3.05) is 6.61 Å². The highest BCUT2D eigenvalue weighted by molar-refractivity contribution is 6.00. The maximum atomic E-state index is 11.0. The van der Waals surface area contributed by atoms with Crippen LogP contribution in [0, 0.1) is 11.3 Å². The van der Waals surface area contributed by atoms with Gasteiger partial charge in [0.05, 0.1) is 6.61 Å². The van der Waals surface area contributed by atoms with Gasteiger partial charge in [0.25, 0.3) is 5.91 Å². The van der Waals surface area contributed by atoms with Gasteiger partial charge in [-0.2, -0.15) is 5.26 Å². The van der Waals surface area contributed by atoms with E-state index in [0.29, 0.717) is 6.61 Å². The van der Waals surface area contributed by atoms with Gasteiger partial charge in [-0.15, -0.1) is 0 Å². The predicted octanol–water partition coefficient (Wildman–Crippen LogP) is 3.82. The fraction of sp³-hybridized carbons (Fsp3) is 0.444. The fourth-order valence-corrected chi connectivity index (χ4v) is 2.06. The van der Waals surface area contributed by atoms with Crippen molar-refractivity contribution < 1.29 is 9.53 Å². The molecule has 0 unspecified atom stereocenters. The SMILES string of the molecule is CCCCCCCCOc1ccc(/C=C(\C#N)C(N)=O)cc1. The first kappa shape index (κ1) is 17.8. The molecule has 1 aromatic carbocycles. The van der Waals surface area contributed by atoms with Crippen molar-refractivity contribution in [2.24, 2.45) is 5.73 Å². The Labute approximate surface area is 132 Å². The summed E-state index contributed by atoms with van der Waals surface area (Å²) >= 11 is 0. The molecule has 118 valence electrons. The number of nitriles is 1. The molecule has 0 bridgehead atoms. The monoisotopic (exact) mass is 300 g/mol. The van der Waals surface area contributed by atoms with Gasteiger partial charge >= 0.3 is 0 Å². The summed E-state index contributed by atoms with van der Waals surface area (Å²) in [7, 11) is 0. The third kappa shape index (κ3) is 6.94. The van der Waals surface area contributed by atoms with Crippen molar-refractivity contribution in [3.05, 3.63) is 35.4 Å². The summed E-state index contributed by atoms with van der Waals surface area (Å²) < 4.78 is 5.67.